The number of amides is 1. The molecule has 1 aliphatic heterocycles. The molecule has 20 heavy (non-hydrogen) atoms. The van der Waals surface area contributed by atoms with Crippen molar-refractivity contribution in [1.29, 1.82) is 0 Å². The number of halogens is 2. The van der Waals surface area contributed by atoms with Crippen molar-refractivity contribution < 1.29 is 9.18 Å². The van der Waals surface area contributed by atoms with Crippen LogP contribution in [-0.2, 0) is 5.54 Å². The maximum atomic E-state index is 13.9. The molecule has 3 rings (SSSR count). The Bertz CT molecular complexity index is 741. The summed E-state index contributed by atoms with van der Waals surface area (Å²) in [6.45, 7) is 5.63. The SMILES string of the molecule is Cc1c(-c2nc(Cl)ncc2F)sc2c1C(=O)NC2(C)C. The second kappa shape index (κ2) is 4.23. The number of nitrogens with zero attached hydrogens (tertiary/aromatic N) is 2. The van der Waals surface area contributed by atoms with Crippen molar-refractivity contribution in [1.82, 2.24) is 15.3 Å². The van der Waals surface area contributed by atoms with Crippen molar-refractivity contribution in [2.75, 3.05) is 0 Å². The van der Waals surface area contributed by atoms with E-state index in [1.54, 1.807) is 6.92 Å². The number of carbonyl (C=O) groups is 1. The van der Waals surface area contributed by atoms with E-state index in [2.05, 4.69) is 15.3 Å². The summed E-state index contributed by atoms with van der Waals surface area (Å²) in [5, 5.41) is 2.89. The number of rotatable bonds is 1. The van der Waals surface area contributed by atoms with Gasteiger partial charge in [-0.3, -0.25) is 4.79 Å². The van der Waals surface area contributed by atoms with E-state index in [0.717, 1.165) is 16.6 Å². The van der Waals surface area contributed by atoms with Crippen molar-refractivity contribution in [2.24, 2.45) is 0 Å². The normalized spacial score (nSPS) is 16.1. The Labute approximate surface area is 124 Å². The molecule has 1 aliphatic rings. The molecule has 7 heteroatoms. The highest BCUT2D eigenvalue weighted by Gasteiger charge is 2.40. The molecule has 1 N–H and O–H groups in total. The molecule has 0 atom stereocenters. The van der Waals surface area contributed by atoms with Crippen molar-refractivity contribution in [3.05, 3.63) is 33.3 Å². The highest BCUT2D eigenvalue weighted by Crippen LogP contribution is 2.44. The largest absolute Gasteiger partial charge is 0.342 e. The molecule has 4 nitrogen and oxygen atoms in total. The Balaban J connectivity index is 2.26. The van der Waals surface area contributed by atoms with E-state index in [-0.39, 0.29) is 16.9 Å². The van der Waals surface area contributed by atoms with Gasteiger partial charge in [0.2, 0.25) is 5.28 Å². The first-order valence-corrected chi connectivity index (χ1v) is 7.15. The van der Waals surface area contributed by atoms with Crippen LogP contribution in [0.15, 0.2) is 6.20 Å². The van der Waals surface area contributed by atoms with Gasteiger partial charge >= 0.3 is 0 Å². The molecule has 0 saturated heterocycles. The first-order valence-electron chi connectivity index (χ1n) is 5.96. The smallest absolute Gasteiger partial charge is 0.253 e. The zero-order valence-corrected chi connectivity index (χ0v) is 12.6. The van der Waals surface area contributed by atoms with Gasteiger partial charge in [-0.1, -0.05) is 0 Å². The van der Waals surface area contributed by atoms with Crippen molar-refractivity contribution >= 4 is 28.8 Å². The number of hydrogen-bond acceptors (Lipinski definition) is 4. The first kappa shape index (κ1) is 13.5. The van der Waals surface area contributed by atoms with Crippen LogP contribution >= 0.6 is 22.9 Å². The lowest BCUT2D eigenvalue weighted by Gasteiger charge is -2.17. The fourth-order valence-electron chi connectivity index (χ4n) is 2.36. The minimum atomic E-state index is -0.546. The third-order valence-electron chi connectivity index (χ3n) is 3.30. The number of fused-ring (bicyclic) bond motifs is 1. The summed E-state index contributed by atoms with van der Waals surface area (Å²) in [7, 11) is 0. The maximum Gasteiger partial charge on any atom is 0.253 e. The third kappa shape index (κ3) is 1.83. The lowest BCUT2D eigenvalue weighted by atomic mass is 10.0. The molecule has 104 valence electrons. The summed E-state index contributed by atoms with van der Waals surface area (Å²) in [5.74, 6) is -0.679. The van der Waals surface area contributed by atoms with Gasteiger partial charge in [0.25, 0.3) is 5.91 Å². The van der Waals surface area contributed by atoms with Crippen molar-refractivity contribution in [3.8, 4) is 10.6 Å². The van der Waals surface area contributed by atoms with Gasteiger partial charge in [0.15, 0.2) is 5.82 Å². The molecule has 3 heterocycles. The van der Waals surface area contributed by atoms with Crippen LogP contribution in [0.4, 0.5) is 4.39 Å². The van der Waals surface area contributed by atoms with Gasteiger partial charge < -0.3 is 5.32 Å². The summed E-state index contributed by atoms with van der Waals surface area (Å²) < 4.78 is 13.9. The first-order chi connectivity index (χ1) is 9.31. The molecule has 0 radical (unpaired) electrons. The van der Waals surface area contributed by atoms with E-state index in [1.165, 1.54) is 11.3 Å². The van der Waals surface area contributed by atoms with Gasteiger partial charge in [0.1, 0.15) is 5.69 Å². The fraction of sp³-hybridized carbons (Fsp3) is 0.308. The Hall–Kier alpha value is -1.53. The Morgan fingerprint density at radius 1 is 1.45 bits per heavy atom. The van der Waals surface area contributed by atoms with Crippen LogP contribution in [0.5, 0.6) is 0 Å². The third-order valence-corrected chi connectivity index (χ3v) is 5.10. The van der Waals surface area contributed by atoms with E-state index in [9.17, 15) is 9.18 Å². The van der Waals surface area contributed by atoms with Crippen molar-refractivity contribution in [2.45, 2.75) is 26.3 Å². The fourth-order valence-corrected chi connectivity index (χ4v) is 3.85. The predicted octanol–water partition coefficient (Wildman–Crippen LogP) is 3.28. The Kier molecular flexibility index (Phi) is 2.85. The predicted molar refractivity (Wildman–Crippen MR) is 75.5 cm³/mol. The molecule has 0 spiro atoms. The van der Waals surface area contributed by atoms with E-state index in [1.807, 2.05) is 13.8 Å². The van der Waals surface area contributed by atoms with Gasteiger partial charge in [-0.15, -0.1) is 11.3 Å². The number of thiophene rings is 1. The molecule has 0 bridgehead atoms. The van der Waals surface area contributed by atoms with Crippen LogP contribution in [0.3, 0.4) is 0 Å². The van der Waals surface area contributed by atoms with E-state index in [4.69, 9.17) is 11.6 Å². The molecular weight excluding hydrogens is 301 g/mol. The van der Waals surface area contributed by atoms with Crippen LogP contribution in [0.2, 0.25) is 5.28 Å². The second-order valence-electron chi connectivity index (χ2n) is 5.18. The van der Waals surface area contributed by atoms with Crippen LogP contribution < -0.4 is 5.32 Å². The van der Waals surface area contributed by atoms with Crippen molar-refractivity contribution in [3.63, 3.8) is 0 Å². The molecule has 0 fully saturated rings. The average Bonchev–Trinajstić information content (AvgIpc) is 2.80. The van der Waals surface area contributed by atoms with E-state index in [0.29, 0.717) is 10.4 Å². The van der Waals surface area contributed by atoms with Crippen LogP contribution in [-0.4, -0.2) is 15.9 Å². The molecular formula is C13H11ClFN3OS. The molecule has 0 aromatic carbocycles. The quantitative estimate of drug-likeness (QED) is 0.822. The highest BCUT2D eigenvalue weighted by molar-refractivity contribution is 7.16. The lowest BCUT2D eigenvalue weighted by Crippen LogP contribution is -2.32. The van der Waals surface area contributed by atoms with Gasteiger partial charge in [-0.05, 0) is 37.9 Å². The Morgan fingerprint density at radius 3 is 2.80 bits per heavy atom. The van der Waals surface area contributed by atoms with Gasteiger partial charge in [0.05, 0.1) is 22.2 Å². The highest BCUT2D eigenvalue weighted by atomic mass is 35.5. The summed E-state index contributed by atoms with van der Waals surface area (Å²) >= 11 is 7.10. The van der Waals surface area contributed by atoms with Crippen LogP contribution in [0.25, 0.3) is 10.6 Å². The number of nitrogens with one attached hydrogen (secondary N) is 1. The van der Waals surface area contributed by atoms with Crippen LogP contribution in [0.1, 0.15) is 34.6 Å². The van der Waals surface area contributed by atoms with E-state index < -0.39 is 11.4 Å². The lowest BCUT2D eigenvalue weighted by molar-refractivity contribution is 0.0940. The van der Waals surface area contributed by atoms with Gasteiger partial charge in [0, 0.05) is 4.88 Å². The minimum absolute atomic E-state index is 0.0157. The Morgan fingerprint density at radius 2 is 2.15 bits per heavy atom. The van der Waals surface area contributed by atoms with Crippen LogP contribution in [0, 0.1) is 12.7 Å². The molecule has 0 unspecified atom stereocenters. The topological polar surface area (TPSA) is 54.9 Å². The standard InChI is InChI=1S/C13H11ClFN3OS/c1-5-7-10(13(2,3)18-11(7)19)20-9(5)8-6(15)4-16-12(14)17-8/h4H,1-3H3,(H,18,19). The molecule has 0 saturated carbocycles. The van der Waals surface area contributed by atoms with Gasteiger partial charge in [-0.2, -0.15) is 0 Å². The minimum Gasteiger partial charge on any atom is -0.342 e. The molecule has 0 aliphatic carbocycles. The average molecular weight is 312 g/mol. The number of carbonyl (C=O) groups excluding carboxylic acids is 1. The molecule has 1 amide bonds. The van der Waals surface area contributed by atoms with Gasteiger partial charge in [-0.25, -0.2) is 14.4 Å². The zero-order chi connectivity index (χ0) is 14.7. The molecule has 2 aromatic heterocycles. The summed E-state index contributed by atoms with van der Waals surface area (Å²) in [6, 6.07) is 0. The summed E-state index contributed by atoms with van der Waals surface area (Å²) in [5.41, 5.74) is 1.03. The second-order valence-corrected chi connectivity index (χ2v) is 6.53. The monoisotopic (exact) mass is 311 g/mol. The molecule has 2 aromatic rings. The summed E-state index contributed by atoms with van der Waals surface area (Å²) in [6.07, 6.45) is 1.04. The maximum absolute atomic E-state index is 13.9. The number of aromatic nitrogens is 2. The van der Waals surface area contributed by atoms with E-state index >= 15 is 0 Å². The summed E-state index contributed by atoms with van der Waals surface area (Å²) in [4.78, 5) is 21.1. The number of hydrogen-bond donors (Lipinski definition) is 1. The zero-order valence-electron chi connectivity index (χ0n) is 11.0.